The Labute approximate surface area is 202 Å². The highest BCUT2D eigenvalue weighted by Crippen LogP contribution is 2.29. The number of fused-ring (bicyclic) bond motifs is 1. The summed E-state index contributed by atoms with van der Waals surface area (Å²) in [6, 6.07) is 1.97. The van der Waals surface area contributed by atoms with E-state index in [4.69, 9.17) is 14.5 Å². The maximum Gasteiger partial charge on any atom is 0.263 e. The number of nitrogens with zero attached hydrogens (tertiary/aromatic N) is 3. The first-order valence-electron chi connectivity index (χ1n) is 11.3. The fourth-order valence-corrected chi connectivity index (χ4v) is 6.34. The predicted octanol–water partition coefficient (Wildman–Crippen LogP) is 4.29. The van der Waals surface area contributed by atoms with Crippen LogP contribution in [0.5, 0.6) is 0 Å². The number of hydrogen-bond donors (Lipinski definition) is 0. The van der Waals surface area contributed by atoms with Crippen LogP contribution in [0.15, 0.2) is 16.0 Å². The van der Waals surface area contributed by atoms with Gasteiger partial charge in [0.15, 0.2) is 10.9 Å². The molecule has 1 fully saturated rings. The lowest BCUT2D eigenvalue weighted by Gasteiger charge is -2.15. The van der Waals surface area contributed by atoms with Gasteiger partial charge >= 0.3 is 0 Å². The summed E-state index contributed by atoms with van der Waals surface area (Å²) in [5, 5.41) is 1.23. The summed E-state index contributed by atoms with van der Waals surface area (Å²) in [4.78, 5) is 33.0. The highest BCUT2D eigenvalue weighted by molar-refractivity contribution is 7.99. The minimum absolute atomic E-state index is 0.0397. The van der Waals surface area contributed by atoms with Crippen molar-refractivity contribution in [2.45, 2.75) is 64.9 Å². The van der Waals surface area contributed by atoms with Gasteiger partial charge in [0, 0.05) is 42.1 Å². The lowest BCUT2D eigenvalue weighted by Crippen LogP contribution is -2.25. The molecule has 1 aliphatic rings. The average molecular weight is 490 g/mol. The Kier molecular flexibility index (Phi) is 7.43. The standard InChI is InChI=1S/C24H31N3O4S2/c1-14-11-19(16(3)27(14)12-18-7-6-9-31-18)20(28)13-32-24-25-22-21(15(2)17(4)33-22)23(29)26(24)8-10-30-5/h11,18H,6-10,12-13H2,1-5H3. The van der Waals surface area contributed by atoms with Gasteiger partial charge in [0.1, 0.15) is 4.83 Å². The summed E-state index contributed by atoms with van der Waals surface area (Å²) in [5.74, 6) is 0.260. The molecule has 1 atom stereocenters. The van der Waals surface area contributed by atoms with Crippen LogP contribution in [0, 0.1) is 27.7 Å². The zero-order chi connectivity index (χ0) is 23.7. The monoisotopic (exact) mass is 489 g/mol. The van der Waals surface area contributed by atoms with Gasteiger partial charge in [0.05, 0.1) is 30.4 Å². The lowest BCUT2D eigenvalue weighted by atomic mass is 10.2. The number of hydrogen-bond acceptors (Lipinski definition) is 7. The molecule has 7 nitrogen and oxygen atoms in total. The molecule has 4 rings (SSSR count). The van der Waals surface area contributed by atoms with E-state index in [0.29, 0.717) is 23.7 Å². The highest BCUT2D eigenvalue weighted by Gasteiger charge is 2.22. The van der Waals surface area contributed by atoms with E-state index in [-0.39, 0.29) is 23.2 Å². The molecule has 178 valence electrons. The number of ether oxygens (including phenoxy) is 2. The van der Waals surface area contributed by atoms with Crippen molar-refractivity contribution in [1.29, 1.82) is 0 Å². The van der Waals surface area contributed by atoms with Crippen molar-refractivity contribution in [3.05, 3.63) is 43.8 Å². The predicted molar refractivity (Wildman–Crippen MR) is 133 cm³/mol. The molecule has 4 heterocycles. The molecule has 0 spiro atoms. The van der Waals surface area contributed by atoms with Gasteiger partial charge in [-0.05, 0) is 52.2 Å². The van der Waals surface area contributed by atoms with E-state index in [1.807, 2.05) is 33.8 Å². The van der Waals surface area contributed by atoms with Crippen molar-refractivity contribution in [2.24, 2.45) is 0 Å². The van der Waals surface area contributed by atoms with Crippen molar-refractivity contribution in [3.63, 3.8) is 0 Å². The molecule has 0 N–H and O–H groups in total. The van der Waals surface area contributed by atoms with Crippen LogP contribution in [0.4, 0.5) is 0 Å². The van der Waals surface area contributed by atoms with Gasteiger partial charge in [0.25, 0.3) is 5.56 Å². The fraction of sp³-hybridized carbons (Fsp3) is 0.542. The smallest absolute Gasteiger partial charge is 0.263 e. The van der Waals surface area contributed by atoms with E-state index < -0.39 is 0 Å². The number of rotatable bonds is 9. The Morgan fingerprint density at radius 1 is 1.30 bits per heavy atom. The minimum atomic E-state index is -0.0661. The second kappa shape index (κ2) is 10.1. The summed E-state index contributed by atoms with van der Waals surface area (Å²) in [6.45, 7) is 10.4. The number of Topliss-reactive ketones (excluding diaryl/α,β-unsaturated/α-hetero) is 1. The summed E-state index contributed by atoms with van der Waals surface area (Å²) < 4.78 is 14.8. The second-order valence-corrected chi connectivity index (χ2v) is 10.7. The van der Waals surface area contributed by atoms with Crippen LogP contribution in [0.2, 0.25) is 0 Å². The molecule has 0 saturated carbocycles. The third-order valence-electron chi connectivity index (χ3n) is 6.39. The second-order valence-electron chi connectivity index (χ2n) is 8.55. The van der Waals surface area contributed by atoms with Crippen LogP contribution < -0.4 is 5.56 Å². The van der Waals surface area contributed by atoms with Crippen LogP contribution >= 0.6 is 23.1 Å². The molecule has 3 aromatic rings. The van der Waals surface area contributed by atoms with Crippen molar-refractivity contribution < 1.29 is 14.3 Å². The molecule has 0 amide bonds. The lowest BCUT2D eigenvalue weighted by molar-refractivity contribution is 0.0957. The van der Waals surface area contributed by atoms with Crippen molar-refractivity contribution in [3.8, 4) is 0 Å². The number of methoxy groups -OCH3 is 1. The van der Waals surface area contributed by atoms with E-state index in [9.17, 15) is 9.59 Å². The molecule has 33 heavy (non-hydrogen) atoms. The van der Waals surface area contributed by atoms with Gasteiger partial charge in [-0.15, -0.1) is 11.3 Å². The molecule has 1 aliphatic heterocycles. The topological polar surface area (TPSA) is 75.3 Å². The van der Waals surface area contributed by atoms with Crippen molar-refractivity contribution in [2.75, 3.05) is 26.1 Å². The molecular weight excluding hydrogens is 458 g/mol. The summed E-state index contributed by atoms with van der Waals surface area (Å²) in [5.41, 5.74) is 3.68. The zero-order valence-electron chi connectivity index (χ0n) is 19.9. The van der Waals surface area contributed by atoms with Crippen molar-refractivity contribution in [1.82, 2.24) is 14.1 Å². The molecule has 0 bridgehead atoms. The number of carbonyl (C=O) groups is 1. The third kappa shape index (κ3) is 4.82. The molecule has 0 aliphatic carbocycles. The maximum absolute atomic E-state index is 13.2. The molecule has 0 radical (unpaired) electrons. The summed E-state index contributed by atoms with van der Waals surface area (Å²) in [6.07, 6.45) is 2.37. The van der Waals surface area contributed by atoms with Crippen LogP contribution in [-0.2, 0) is 22.6 Å². The van der Waals surface area contributed by atoms with E-state index in [1.54, 1.807) is 11.7 Å². The number of ketones is 1. The number of aryl methyl sites for hydroxylation is 3. The third-order valence-corrected chi connectivity index (χ3v) is 8.47. The number of aromatic nitrogens is 3. The largest absolute Gasteiger partial charge is 0.383 e. The minimum Gasteiger partial charge on any atom is -0.383 e. The van der Waals surface area contributed by atoms with Crippen molar-refractivity contribution >= 4 is 39.1 Å². The highest BCUT2D eigenvalue weighted by atomic mass is 32.2. The number of thioether (sulfide) groups is 1. The van der Waals surface area contributed by atoms with E-state index in [1.165, 1.54) is 23.1 Å². The first kappa shape index (κ1) is 24.2. The summed E-state index contributed by atoms with van der Waals surface area (Å²) >= 11 is 2.84. The normalized spacial score (nSPS) is 16.2. The Morgan fingerprint density at radius 3 is 2.79 bits per heavy atom. The molecule has 0 aromatic carbocycles. The molecule has 1 unspecified atom stereocenters. The number of carbonyl (C=O) groups excluding carboxylic acids is 1. The van der Waals surface area contributed by atoms with Gasteiger partial charge in [-0.2, -0.15) is 0 Å². The first-order valence-corrected chi connectivity index (χ1v) is 13.1. The average Bonchev–Trinajstić information content (AvgIpc) is 3.47. The quantitative estimate of drug-likeness (QED) is 0.254. The van der Waals surface area contributed by atoms with Gasteiger partial charge in [-0.25, -0.2) is 4.98 Å². The Morgan fingerprint density at radius 2 is 2.09 bits per heavy atom. The van der Waals surface area contributed by atoms with Gasteiger partial charge in [-0.3, -0.25) is 14.2 Å². The van der Waals surface area contributed by atoms with E-state index in [2.05, 4.69) is 4.57 Å². The summed E-state index contributed by atoms with van der Waals surface area (Å²) in [7, 11) is 1.61. The number of thiophene rings is 1. The van der Waals surface area contributed by atoms with Crippen LogP contribution in [-0.4, -0.2) is 52.1 Å². The van der Waals surface area contributed by atoms with E-state index in [0.717, 1.165) is 58.2 Å². The Balaban J connectivity index is 1.58. The first-order chi connectivity index (χ1) is 15.8. The zero-order valence-corrected chi connectivity index (χ0v) is 21.5. The fourth-order valence-electron chi connectivity index (χ4n) is 4.36. The SMILES string of the molecule is COCCn1c(SCC(=O)c2cc(C)n(CC3CCCO3)c2C)nc2sc(C)c(C)c2c1=O. The van der Waals surface area contributed by atoms with Gasteiger partial charge in [-0.1, -0.05) is 11.8 Å². The van der Waals surface area contributed by atoms with Crippen LogP contribution in [0.1, 0.15) is 45.0 Å². The molecule has 3 aromatic heterocycles. The van der Waals surface area contributed by atoms with Crippen LogP contribution in [0.3, 0.4) is 0 Å². The molecular formula is C24H31N3O4S2. The van der Waals surface area contributed by atoms with Gasteiger partial charge in [0.2, 0.25) is 0 Å². The van der Waals surface area contributed by atoms with Crippen LogP contribution in [0.25, 0.3) is 10.2 Å². The molecule has 9 heteroatoms. The van der Waals surface area contributed by atoms with E-state index >= 15 is 0 Å². The maximum atomic E-state index is 13.2. The Hall–Kier alpha value is -1.94. The Bertz CT molecular complexity index is 1240. The molecule has 1 saturated heterocycles. The van der Waals surface area contributed by atoms with Gasteiger partial charge < -0.3 is 14.0 Å².